The molecule has 1 saturated carbocycles. The molecule has 0 amide bonds. The second-order valence-corrected chi connectivity index (χ2v) is 5.78. The van der Waals surface area contributed by atoms with E-state index in [0.717, 1.165) is 25.0 Å². The van der Waals surface area contributed by atoms with Crippen LogP contribution in [0.3, 0.4) is 0 Å². The lowest BCUT2D eigenvalue weighted by atomic mass is 10.1. The summed E-state index contributed by atoms with van der Waals surface area (Å²) in [7, 11) is 2.09. The van der Waals surface area contributed by atoms with E-state index in [1.807, 2.05) is 0 Å². The molecule has 0 radical (unpaired) electrons. The molecule has 2 aliphatic rings. The molecule has 2 heterocycles. The van der Waals surface area contributed by atoms with Crippen LogP contribution in [0, 0.1) is 12.8 Å². The van der Waals surface area contributed by atoms with E-state index in [0.29, 0.717) is 0 Å². The van der Waals surface area contributed by atoms with Gasteiger partial charge in [0.25, 0.3) is 0 Å². The minimum absolute atomic E-state index is 0.769. The van der Waals surface area contributed by atoms with Crippen molar-refractivity contribution in [2.24, 2.45) is 13.0 Å². The molecule has 1 aromatic rings. The molecule has 2 bridgehead atoms. The Kier molecular flexibility index (Phi) is 3.06. The number of aromatic nitrogens is 2. The van der Waals surface area contributed by atoms with Crippen molar-refractivity contribution in [3.8, 4) is 0 Å². The van der Waals surface area contributed by atoms with E-state index in [1.54, 1.807) is 0 Å². The van der Waals surface area contributed by atoms with Gasteiger partial charge >= 0.3 is 0 Å². The van der Waals surface area contributed by atoms with Gasteiger partial charge in [0.2, 0.25) is 0 Å². The third kappa shape index (κ3) is 1.83. The van der Waals surface area contributed by atoms with Crippen LogP contribution < -0.4 is 10.2 Å². The first-order chi connectivity index (χ1) is 8.70. The van der Waals surface area contributed by atoms with Crippen LogP contribution >= 0.6 is 0 Å². The molecule has 2 atom stereocenters. The molecule has 100 valence electrons. The third-order valence-electron chi connectivity index (χ3n) is 4.55. The topological polar surface area (TPSA) is 33.1 Å². The van der Waals surface area contributed by atoms with Crippen molar-refractivity contribution < 1.29 is 0 Å². The first-order valence-electron chi connectivity index (χ1n) is 7.20. The Hall–Kier alpha value is -1.03. The summed E-state index contributed by atoms with van der Waals surface area (Å²) < 4.78 is 2.09. The van der Waals surface area contributed by atoms with Crippen LogP contribution in [-0.4, -0.2) is 28.9 Å². The largest absolute Gasteiger partial charge is 0.353 e. The molecular weight excluding hydrogens is 224 g/mol. The highest BCUT2D eigenvalue weighted by Crippen LogP contribution is 2.41. The van der Waals surface area contributed by atoms with Crippen molar-refractivity contribution in [1.82, 2.24) is 15.1 Å². The van der Waals surface area contributed by atoms with Crippen LogP contribution in [0.25, 0.3) is 0 Å². The maximum absolute atomic E-state index is 4.63. The van der Waals surface area contributed by atoms with Crippen molar-refractivity contribution in [3.05, 3.63) is 11.3 Å². The molecule has 2 fully saturated rings. The van der Waals surface area contributed by atoms with Gasteiger partial charge < -0.3 is 10.2 Å². The maximum atomic E-state index is 4.63. The highest BCUT2D eigenvalue weighted by Gasteiger charge is 2.39. The predicted molar refractivity (Wildman–Crippen MR) is 73.8 cm³/mol. The molecule has 1 N–H and O–H groups in total. The van der Waals surface area contributed by atoms with Gasteiger partial charge in [0.1, 0.15) is 5.82 Å². The number of hydrogen-bond acceptors (Lipinski definition) is 3. The molecule has 18 heavy (non-hydrogen) atoms. The summed E-state index contributed by atoms with van der Waals surface area (Å²) in [5, 5.41) is 8.07. The third-order valence-corrected chi connectivity index (χ3v) is 4.55. The lowest BCUT2D eigenvalue weighted by Crippen LogP contribution is -2.34. The van der Waals surface area contributed by atoms with Gasteiger partial charge in [-0.2, -0.15) is 5.10 Å². The van der Waals surface area contributed by atoms with Crippen molar-refractivity contribution >= 4 is 5.82 Å². The number of nitrogens with zero attached hydrogens (tertiary/aromatic N) is 3. The predicted octanol–water partition coefficient (Wildman–Crippen LogP) is 1.83. The second-order valence-electron chi connectivity index (χ2n) is 5.78. The van der Waals surface area contributed by atoms with Crippen LogP contribution in [0.2, 0.25) is 0 Å². The Morgan fingerprint density at radius 3 is 2.83 bits per heavy atom. The Labute approximate surface area is 109 Å². The number of rotatable bonds is 4. The van der Waals surface area contributed by atoms with Crippen molar-refractivity contribution in [3.63, 3.8) is 0 Å². The van der Waals surface area contributed by atoms with E-state index in [9.17, 15) is 0 Å². The Morgan fingerprint density at radius 1 is 1.39 bits per heavy atom. The van der Waals surface area contributed by atoms with Gasteiger partial charge in [0, 0.05) is 31.7 Å². The summed E-state index contributed by atoms with van der Waals surface area (Å²) in [6.45, 7) is 7.48. The van der Waals surface area contributed by atoms with Gasteiger partial charge in [0.05, 0.1) is 5.69 Å². The van der Waals surface area contributed by atoms with Gasteiger partial charge in [-0.05, 0) is 38.6 Å². The van der Waals surface area contributed by atoms with Crippen LogP contribution in [0.15, 0.2) is 0 Å². The Balaban J connectivity index is 1.90. The molecule has 4 heteroatoms. The molecular formula is C14H24N4. The van der Waals surface area contributed by atoms with Gasteiger partial charge in [-0.25, -0.2) is 0 Å². The van der Waals surface area contributed by atoms with Crippen molar-refractivity contribution in [2.45, 2.75) is 45.7 Å². The summed E-state index contributed by atoms with van der Waals surface area (Å²) in [6.07, 6.45) is 4.20. The van der Waals surface area contributed by atoms with E-state index in [1.165, 1.54) is 42.9 Å². The quantitative estimate of drug-likeness (QED) is 0.882. The zero-order chi connectivity index (χ0) is 12.7. The fourth-order valence-corrected chi connectivity index (χ4v) is 3.69. The standard InChI is InChI=1S/C14H24N4/c1-4-15-8-13-10(2)16-17(3)14(13)18-9-11-5-6-12(18)7-11/h11-12,15H,4-9H2,1-3H3. The number of anilines is 1. The lowest BCUT2D eigenvalue weighted by Gasteiger charge is -2.30. The van der Waals surface area contributed by atoms with Gasteiger partial charge in [-0.15, -0.1) is 0 Å². The number of fused-ring (bicyclic) bond motifs is 2. The van der Waals surface area contributed by atoms with Gasteiger partial charge in [-0.1, -0.05) is 6.92 Å². The van der Waals surface area contributed by atoms with Crippen molar-refractivity contribution in [2.75, 3.05) is 18.0 Å². The smallest absolute Gasteiger partial charge is 0.131 e. The Bertz CT molecular complexity index is 437. The number of hydrogen-bond donors (Lipinski definition) is 1. The molecule has 4 nitrogen and oxygen atoms in total. The average molecular weight is 248 g/mol. The van der Waals surface area contributed by atoms with E-state index in [-0.39, 0.29) is 0 Å². The summed E-state index contributed by atoms with van der Waals surface area (Å²) in [6, 6.07) is 0.769. The average Bonchev–Trinajstić information content (AvgIpc) is 3.01. The van der Waals surface area contributed by atoms with Crippen molar-refractivity contribution in [1.29, 1.82) is 0 Å². The van der Waals surface area contributed by atoms with E-state index in [2.05, 4.69) is 40.9 Å². The molecule has 1 aromatic heterocycles. The normalized spacial score (nSPS) is 26.3. The van der Waals surface area contributed by atoms with Crippen LogP contribution in [0.5, 0.6) is 0 Å². The maximum Gasteiger partial charge on any atom is 0.131 e. The van der Waals surface area contributed by atoms with Gasteiger partial charge in [0.15, 0.2) is 0 Å². The first kappa shape index (κ1) is 12.0. The van der Waals surface area contributed by atoms with Crippen LogP contribution in [-0.2, 0) is 13.6 Å². The summed E-state index contributed by atoms with van der Waals surface area (Å²) >= 11 is 0. The lowest BCUT2D eigenvalue weighted by molar-refractivity contribution is 0.540. The van der Waals surface area contributed by atoms with Crippen LogP contribution in [0.4, 0.5) is 5.82 Å². The number of aryl methyl sites for hydroxylation is 2. The summed E-state index contributed by atoms with van der Waals surface area (Å²) in [5.41, 5.74) is 2.57. The molecule has 2 unspecified atom stereocenters. The highest BCUT2D eigenvalue weighted by atomic mass is 15.4. The fourth-order valence-electron chi connectivity index (χ4n) is 3.69. The minimum atomic E-state index is 0.769. The summed E-state index contributed by atoms with van der Waals surface area (Å²) in [4.78, 5) is 2.61. The molecule has 0 spiro atoms. The monoisotopic (exact) mass is 248 g/mol. The summed E-state index contributed by atoms with van der Waals surface area (Å²) in [5.74, 6) is 2.29. The Morgan fingerprint density at radius 2 is 2.22 bits per heavy atom. The fraction of sp³-hybridized carbons (Fsp3) is 0.786. The molecule has 3 rings (SSSR count). The van der Waals surface area contributed by atoms with Crippen LogP contribution in [0.1, 0.15) is 37.4 Å². The first-order valence-corrected chi connectivity index (χ1v) is 7.20. The minimum Gasteiger partial charge on any atom is -0.353 e. The van der Waals surface area contributed by atoms with E-state index >= 15 is 0 Å². The molecule has 1 aliphatic heterocycles. The molecule has 1 saturated heterocycles. The van der Waals surface area contributed by atoms with E-state index < -0.39 is 0 Å². The highest BCUT2D eigenvalue weighted by molar-refractivity contribution is 5.52. The number of piperidine rings is 1. The SMILES string of the molecule is CCNCc1c(C)nn(C)c1N1CC2CCC1C2. The number of nitrogens with one attached hydrogen (secondary N) is 1. The van der Waals surface area contributed by atoms with E-state index in [4.69, 9.17) is 0 Å². The molecule has 1 aliphatic carbocycles. The second kappa shape index (κ2) is 4.57. The zero-order valence-corrected chi connectivity index (χ0v) is 11.7. The van der Waals surface area contributed by atoms with Gasteiger partial charge in [-0.3, -0.25) is 4.68 Å². The molecule has 0 aromatic carbocycles. The zero-order valence-electron chi connectivity index (χ0n) is 11.7.